The van der Waals surface area contributed by atoms with Crippen LogP contribution in [0.15, 0.2) is 0 Å². The van der Waals surface area contributed by atoms with Crippen LogP contribution in [-0.2, 0) is 18.3 Å². The van der Waals surface area contributed by atoms with E-state index >= 15 is 0 Å². The lowest BCUT2D eigenvalue weighted by Gasteiger charge is -2.18. The molecule has 0 atom stereocenters. The van der Waals surface area contributed by atoms with Gasteiger partial charge in [0.25, 0.3) is 0 Å². The first kappa shape index (κ1) is 11.1. The Morgan fingerprint density at radius 2 is 2.12 bits per heavy atom. The van der Waals surface area contributed by atoms with Gasteiger partial charge in [-0.2, -0.15) is 5.10 Å². The van der Waals surface area contributed by atoms with Gasteiger partial charge >= 0.3 is 5.97 Å². The van der Waals surface area contributed by atoms with E-state index in [0.29, 0.717) is 11.7 Å². The molecule has 5 nitrogen and oxygen atoms in total. The summed E-state index contributed by atoms with van der Waals surface area (Å²) in [6.45, 7) is 0. The third-order valence-electron chi connectivity index (χ3n) is 3.15. The third kappa shape index (κ3) is 2.40. The highest BCUT2D eigenvalue weighted by atomic mass is 16.4. The molecule has 0 spiro atoms. The molecule has 1 aliphatic carbocycles. The van der Waals surface area contributed by atoms with Crippen molar-refractivity contribution in [2.24, 2.45) is 7.05 Å². The number of hydrogen-bond acceptors (Lipinski definition) is 3. The number of nitrogens with zero attached hydrogens (tertiary/aromatic N) is 3. The Labute approximate surface area is 94.5 Å². The van der Waals surface area contributed by atoms with Crippen molar-refractivity contribution in [2.45, 2.75) is 44.4 Å². The zero-order valence-electron chi connectivity index (χ0n) is 9.52. The van der Waals surface area contributed by atoms with Gasteiger partial charge in [0.2, 0.25) is 0 Å². The van der Waals surface area contributed by atoms with Gasteiger partial charge in [0.05, 0.1) is 0 Å². The van der Waals surface area contributed by atoms with Crippen molar-refractivity contribution in [3.05, 3.63) is 11.6 Å². The number of hydrogen-bond donors (Lipinski definition) is 1. The highest BCUT2D eigenvalue weighted by Gasteiger charge is 2.21. The quantitative estimate of drug-likeness (QED) is 0.843. The van der Waals surface area contributed by atoms with Gasteiger partial charge in [0.15, 0.2) is 5.82 Å². The van der Waals surface area contributed by atoms with Crippen LogP contribution in [0.4, 0.5) is 0 Å². The molecular weight excluding hydrogens is 206 g/mol. The van der Waals surface area contributed by atoms with Crippen molar-refractivity contribution in [2.75, 3.05) is 0 Å². The smallest absolute Gasteiger partial charge is 0.311 e. The summed E-state index contributed by atoms with van der Waals surface area (Å²) < 4.78 is 1.60. The Morgan fingerprint density at radius 3 is 2.75 bits per heavy atom. The average molecular weight is 223 g/mol. The van der Waals surface area contributed by atoms with Gasteiger partial charge < -0.3 is 5.11 Å². The summed E-state index contributed by atoms with van der Waals surface area (Å²) in [6.07, 6.45) is 5.99. The normalized spacial score (nSPS) is 17.6. The largest absolute Gasteiger partial charge is 0.481 e. The minimum absolute atomic E-state index is 0.0454. The summed E-state index contributed by atoms with van der Waals surface area (Å²) >= 11 is 0. The molecule has 1 aliphatic rings. The predicted octanol–water partition coefficient (Wildman–Crippen LogP) is 1.49. The average Bonchev–Trinajstić information content (AvgIpc) is 2.61. The van der Waals surface area contributed by atoms with Crippen molar-refractivity contribution in [1.29, 1.82) is 0 Å². The number of aromatic nitrogens is 3. The number of carboxylic acid groups (broad SMARTS) is 1. The maximum atomic E-state index is 10.6. The molecule has 0 bridgehead atoms. The van der Waals surface area contributed by atoms with E-state index in [-0.39, 0.29) is 6.42 Å². The fourth-order valence-corrected chi connectivity index (χ4v) is 2.26. The van der Waals surface area contributed by atoms with E-state index in [4.69, 9.17) is 5.11 Å². The van der Waals surface area contributed by atoms with Crippen LogP contribution in [0.25, 0.3) is 0 Å². The molecule has 0 aromatic carbocycles. The van der Waals surface area contributed by atoms with Gasteiger partial charge in [-0.05, 0) is 12.8 Å². The van der Waals surface area contributed by atoms with Crippen LogP contribution < -0.4 is 0 Å². The van der Waals surface area contributed by atoms with Crippen molar-refractivity contribution < 1.29 is 9.90 Å². The Morgan fingerprint density at radius 1 is 1.44 bits per heavy atom. The molecule has 1 heterocycles. The van der Waals surface area contributed by atoms with Crippen LogP contribution >= 0.6 is 0 Å². The first-order valence-corrected chi connectivity index (χ1v) is 5.78. The van der Waals surface area contributed by atoms with Crippen LogP contribution in [0.3, 0.4) is 0 Å². The van der Waals surface area contributed by atoms with E-state index in [1.807, 2.05) is 0 Å². The maximum Gasteiger partial charge on any atom is 0.311 e. The van der Waals surface area contributed by atoms with Crippen LogP contribution in [0, 0.1) is 0 Å². The Kier molecular flexibility index (Phi) is 3.22. The zero-order valence-corrected chi connectivity index (χ0v) is 9.52. The lowest BCUT2D eigenvalue weighted by molar-refractivity contribution is -0.136. The molecule has 1 fully saturated rings. The van der Waals surface area contributed by atoms with E-state index in [0.717, 1.165) is 18.7 Å². The van der Waals surface area contributed by atoms with Crippen molar-refractivity contribution in [3.63, 3.8) is 0 Å². The molecule has 1 saturated carbocycles. The summed E-state index contributed by atoms with van der Waals surface area (Å²) in [5, 5.41) is 13.1. The molecule has 5 heteroatoms. The number of aryl methyl sites for hydroxylation is 1. The van der Waals surface area contributed by atoms with Gasteiger partial charge in [-0.15, -0.1) is 0 Å². The van der Waals surface area contributed by atoms with Gasteiger partial charge in [0.1, 0.15) is 12.2 Å². The number of carboxylic acids is 1. The van der Waals surface area contributed by atoms with E-state index < -0.39 is 5.97 Å². The minimum atomic E-state index is -0.856. The van der Waals surface area contributed by atoms with Gasteiger partial charge in [0, 0.05) is 13.0 Å². The zero-order chi connectivity index (χ0) is 11.5. The van der Waals surface area contributed by atoms with Crippen molar-refractivity contribution in [3.8, 4) is 0 Å². The summed E-state index contributed by atoms with van der Waals surface area (Å²) in [5.74, 6) is 0.958. The van der Waals surface area contributed by atoms with Crippen molar-refractivity contribution >= 4 is 5.97 Å². The summed E-state index contributed by atoms with van der Waals surface area (Å²) in [4.78, 5) is 15.0. The molecule has 16 heavy (non-hydrogen) atoms. The second-order valence-electron chi connectivity index (χ2n) is 4.42. The van der Waals surface area contributed by atoms with E-state index in [1.54, 1.807) is 11.7 Å². The fraction of sp³-hybridized carbons (Fsp3) is 0.727. The topological polar surface area (TPSA) is 68.0 Å². The minimum Gasteiger partial charge on any atom is -0.481 e. The summed E-state index contributed by atoms with van der Waals surface area (Å²) in [6, 6.07) is 0. The molecule has 0 saturated heterocycles. The number of rotatable bonds is 3. The lowest BCUT2D eigenvalue weighted by atomic mass is 9.89. The number of aliphatic carboxylic acids is 1. The first-order chi connectivity index (χ1) is 7.66. The van der Waals surface area contributed by atoms with Crippen LogP contribution in [-0.4, -0.2) is 25.8 Å². The van der Waals surface area contributed by atoms with Gasteiger partial charge in [-0.25, -0.2) is 4.98 Å². The highest BCUT2D eigenvalue weighted by Crippen LogP contribution is 2.30. The molecule has 0 amide bonds. The second-order valence-corrected chi connectivity index (χ2v) is 4.42. The van der Waals surface area contributed by atoms with E-state index in [1.165, 1.54) is 19.3 Å². The monoisotopic (exact) mass is 223 g/mol. The fourth-order valence-electron chi connectivity index (χ4n) is 2.26. The Balaban J connectivity index is 2.12. The third-order valence-corrected chi connectivity index (χ3v) is 3.15. The maximum absolute atomic E-state index is 10.6. The Bertz CT molecular complexity index is 381. The van der Waals surface area contributed by atoms with Crippen LogP contribution in [0.1, 0.15) is 49.7 Å². The van der Waals surface area contributed by atoms with Crippen LogP contribution in [0.5, 0.6) is 0 Å². The molecular formula is C11H17N3O2. The van der Waals surface area contributed by atoms with E-state index in [2.05, 4.69) is 10.1 Å². The predicted molar refractivity (Wildman–Crippen MR) is 58.2 cm³/mol. The highest BCUT2D eigenvalue weighted by molar-refractivity contribution is 5.68. The summed E-state index contributed by atoms with van der Waals surface area (Å²) in [7, 11) is 1.76. The SMILES string of the molecule is Cn1nc(C2CCCCC2)nc1CC(=O)O. The molecule has 1 aromatic rings. The molecule has 1 N–H and O–H groups in total. The molecule has 1 aromatic heterocycles. The van der Waals surface area contributed by atoms with E-state index in [9.17, 15) is 4.79 Å². The molecule has 2 rings (SSSR count). The lowest BCUT2D eigenvalue weighted by Crippen LogP contribution is -2.07. The van der Waals surface area contributed by atoms with Crippen LogP contribution in [0.2, 0.25) is 0 Å². The van der Waals surface area contributed by atoms with Gasteiger partial charge in [-0.3, -0.25) is 9.48 Å². The Hall–Kier alpha value is -1.39. The second kappa shape index (κ2) is 4.63. The molecule has 0 aliphatic heterocycles. The van der Waals surface area contributed by atoms with Crippen molar-refractivity contribution in [1.82, 2.24) is 14.8 Å². The van der Waals surface area contributed by atoms with Gasteiger partial charge in [-0.1, -0.05) is 19.3 Å². The standard InChI is InChI=1S/C11H17N3O2/c1-14-9(7-10(15)16)12-11(13-14)8-5-3-2-4-6-8/h8H,2-7H2,1H3,(H,15,16). The number of carbonyl (C=O) groups is 1. The summed E-state index contributed by atoms with van der Waals surface area (Å²) in [5.41, 5.74) is 0. The first-order valence-electron chi connectivity index (χ1n) is 5.78. The molecule has 0 unspecified atom stereocenters. The molecule has 88 valence electrons. The molecule has 0 radical (unpaired) electrons.